The van der Waals surface area contributed by atoms with Crippen LogP contribution in [0.15, 0.2) is 28.7 Å². The SMILES string of the molecule is CC(C)(C)c1cc2cc(Br)ccc2s1. The maximum atomic E-state index is 3.50. The molecular formula is C12H13BrS. The van der Waals surface area contributed by atoms with Crippen LogP contribution in [0.5, 0.6) is 0 Å². The number of fused-ring (bicyclic) bond motifs is 1. The summed E-state index contributed by atoms with van der Waals surface area (Å²) in [6, 6.07) is 8.76. The summed E-state index contributed by atoms with van der Waals surface area (Å²) in [5, 5.41) is 1.34. The van der Waals surface area contributed by atoms with Crippen molar-refractivity contribution in [3.63, 3.8) is 0 Å². The Hall–Kier alpha value is -0.340. The predicted octanol–water partition coefficient (Wildman–Crippen LogP) is 4.96. The second-order valence-corrected chi connectivity index (χ2v) is 6.54. The molecule has 0 amide bonds. The Morgan fingerprint density at radius 2 is 1.86 bits per heavy atom. The van der Waals surface area contributed by atoms with Crippen molar-refractivity contribution < 1.29 is 0 Å². The lowest BCUT2D eigenvalue weighted by molar-refractivity contribution is 0.604. The van der Waals surface area contributed by atoms with Crippen LogP contribution in [0.1, 0.15) is 25.6 Å². The molecule has 0 bridgehead atoms. The molecule has 1 aromatic heterocycles. The lowest BCUT2D eigenvalue weighted by Gasteiger charge is -2.14. The minimum atomic E-state index is 0.260. The van der Waals surface area contributed by atoms with E-state index in [1.54, 1.807) is 0 Å². The molecule has 0 atom stereocenters. The fourth-order valence-corrected chi connectivity index (χ4v) is 2.86. The Bertz CT molecular complexity index is 463. The van der Waals surface area contributed by atoms with E-state index in [9.17, 15) is 0 Å². The highest BCUT2D eigenvalue weighted by Gasteiger charge is 2.16. The van der Waals surface area contributed by atoms with Crippen molar-refractivity contribution in [1.29, 1.82) is 0 Å². The molecule has 0 N–H and O–H groups in total. The van der Waals surface area contributed by atoms with Crippen LogP contribution in [0.4, 0.5) is 0 Å². The molecule has 0 saturated heterocycles. The van der Waals surface area contributed by atoms with Crippen molar-refractivity contribution in [3.05, 3.63) is 33.6 Å². The quantitative estimate of drug-likeness (QED) is 0.634. The van der Waals surface area contributed by atoms with Crippen molar-refractivity contribution in [2.45, 2.75) is 26.2 Å². The Balaban J connectivity index is 2.63. The summed E-state index contributed by atoms with van der Waals surface area (Å²) in [6.45, 7) is 6.77. The molecular weight excluding hydrogens is 256 g/mol. The van der Waals surface area contributed by atoms with E-state index >= 15 is 0 Å². The first-order valence-corrected chi connectivity index (χ1v) is 6.27. The highest BCUT2D eigenvalue weighted by atomic mass is 79.9. The highest BCUT2D eigenvalue weighted by molar-refractivity contribution is 9.10. The Labute approximate surface area is 97.1 Å². The topological polar surface area (TPSA) is 0 Å². The molecule has 14 heavy (non-hydrogen) atoms. The van der Waals surface area contributed by atoms with Crippen LogP contribution in [0.3, 0.4) is 0 Å². The molecule has 0 saturated carbocycles. The fourth-order valence-electron chi connectivity index (χ4n) is 1.38. The standard InChI is InChI=1S/C12H13BrS/c1-12(2,3)11-7-8-6-9(13)4-5-10(8)14-11/h4-7H,1-3H3. The van der Waals surface area contributed by atoms with Crippen LogP contribution in [-0.4, -0.2) is 0 Å². The molecule has 0 aliphatic heterocycles. The van der Waals surface area contributed by atoms with Gasteiger partial charge in [-0.15, -0.1) is 11.3 Å². The number of thiophene rings is 1. The summed E-state index contributed by atoms with van der Waals surface area (Å²) in [5.74, 6) is 0. The molecule has 0 nitrogen and oxygen atoms in total. The largest absolute Gasteiger partial charge is 0.140 e. The first kappa shape index (κ1) is 10.2. The minimum Gasteiger partial charge on any atom is -0.140 e. The summed E-state index contributed by atoms with van der Waals surface area (Å²) in [4.78, 5) is 1.45. The lowest BCUT2D eigenvalue weighted by atomic mass is 9.94. The fraction of sp³-hybridized carbons (Fsp3) is 0.333. The van der Waals surface area contributed by atoms with Crippen molar-refractivity contribution in [2.24, 2.45) is 0 Å². The number of rotatable bonds is 0. The zero-order valence-corrected chi connectivity index (χ0v) is 11.0. The Kier molecular flexibility index (Phi) is 2.44. The second-order valence-electron chi connectivity index (χ2n) is 4.54. The van der Waals surface area contributed by atoms with Gasteiger partial charge in [0.15, 0.2) is 0 Å². The van der Waals surface area contributed by atoms with E-state index in [4.69, 9.17) is 0 Å². The van der Waals surface area contributed by atoms with E-state index in [0.717, 1.165) is 4.47 Å². The maximum Gasteiger partial charge on any atom is 0.0346 e. The van der Waals surface area contributed by atoms with E-state index in [2.05, 4.69) is 61.0 Å². The first-order valence-electron chi connectivity index (χ1n) is 4.66. The lowest BCUT2D eigenvalue weighted by Crippen LogP contribution is -2.07. The molecule has 1 aromatic carbocycles. The molecule has 0 fully saturated rings. The van der Waals surface area contributed by atoms with Gasteiger partial charge < -0.3 is 0 Å². The third-order valence-electron chi connectivity index (χ3n) is 2.22. The summed E-state index contributed by atoms with van der Waals surface area (Å²) in [6.07, 6.45) is 0. The van der Waals surface area contributed by atoms with Crippen LogP contribution >= 0.6 is 27.3 Å². The molecule has 1 heterocycles. The van der Waals surface area contributed by atoms with Gasteiger partial charge in [0.2, 0.25) is 0 Å². The predicted molar refractivity (Wildman–Crippen MR) is 68.2 cm³/mol. The van der Waals surface area contributed by atoms with Crippen LogP contribution in [0, 0.1) is 0 Å². The summed E-state index contributed by atoms with van der Waals surface area (Å²) in [5.41, 5.74) is 0.260. The average molecular weight is 269 g/mol. The van der Waals surface area contributed by atoms with Gasteiger partial charge in [-0.25, -0.2) is 0 Å². The van der Waals surface area contributed by atoms with Gasteiger partial charge in [-0.1, -0.05) is 36.7 Å². The number of hydrogen-bond acceptors (Lipinski definition) is 1. The highest BCUT2D eigenvalue weighted by Crippen LogP contribution is 2.35. The van der Waals surface area contributed by atoms with E-state index in [-0.39, 0.29) is 5.41 Å². The van der Waals surface area contributed by atoms with Gasteiger partial charge >= 0.3 is 0 Å². The van der Waals surface area contributed by atoms with E-state index in [1.165, 1.54) is 15.0 Å². The van der Waals surface area contributed by atoms with Gasteiger partial charge in [0.1, 0.15) is 0 Å². The summed E-state index contributed by atoms with van der Waals surface area (Å²) in [7, 11) is 0. The van der Waals surface area contributed by atoms with Crippen molar-refractivity contribution in [2.75, 3.05) is 0 Å². The molecule has 0 spiro atoms. The molecule has 0 radical (unpaired) electrons. The van der Waals surface area contributed by atoms with Crippen LogP contribution in [-0.2, 0) is 5.41 Å². The molecule has 2 aromatic rings. The van der Waals surface area contributed by atoms with Crippen molar-refractivity contribution in [1.82, 2.24) is 0 Å². The van der Waals surface area contributed by atoms with Gasteiger partial charge in [0, 0.05) is 14.0 Å². The zero-order chi connectivity index (χ0) is 10.3. The minimum absolute atomic E-state index is 0.260. The van der Waals surface area contributed by atoms with Gasteiger partial charge in [-0.2, -0.15) is 0 Å². The normalized spacial score (nSPS) is 12.3. The monoisotopic (exact) mass is 268 g/mol. The third kappa shape index (κ3) is 1.86. The number of hydrogen-bond donors (Lipinski definition) is 0. The molecule has 2 heteroatoms. The van der Waals surface area contributed by atoms with Crippen molar-refractivity contribution >= 4 is 37.4 Å². The number of halogens is 1. The van der Waals surface area contributed by atoms with E-state index in [1.807, 2.05) is 11.3 Å². The first-order chi connectivity index (χ1) is 6.47. The van der Waals surface area contributed by atoms with Gasteiger partial charge in [0.25, 0.3) is 0 Å². The van der Waals surface area contributed by atoms with Crippen molar-refractivity contribution in [3.8, 4) is 0 Å². The number of benzene rings is 1. The van der Waals surface area contributed by atoms with Crippen LogP contribution < -0.4 is 0 Å². The zero-order valence-electron chi connectivity index (χ0n) is 8.60. The van der Waals surface area contributed by atoms with E-state index in [0.29, 0.717) is 0 Å². The smallest absolute Gasteiger partial charge is 0.0346 e. The van der Waals surface area contributed by atoms with Gasteiger partial charge in [-0.3, -0.25) is 0 Å². The second kappa shape index (κ2) is 3.35. The molecule has 0 unspecified atom stereocenters. The van der Waals surface area contributed by atoms with Crippen LogP contribution in [0.25, 0.3) is 10.1 Å². The molecule has 2 rings (SSSR count). The van der Waals surface area contributed by atoms with Crippen LogP contribution in [0.2, 0.25) is 0 Å². The average Bonchev–Trinajstić information content (AvgIpc) is 2.45. The van der Waals surface area contributed by atoms with Gasteiger partial charge in [0.05, 0.1) is 0 Å². The third-order valence-corrected chi connectivity index (χ3v) is 4.25. The molecule has 0 aliphatic carbocycles. The Morgan fingerprint density at radius 3 is 2.50 bits per heavy atom. The Morgan fingerprint density at radius 1 is 1.14 bits per heavy atom. The summed E-state index contributed by atoms with van der Waals surface area (Å²) < 4.78 is 2.53. The molecule has 74 valence electrons. The molecule has 0 aliphatic rings. The van der Waals surface area contributed by atoms with E-state index < -0.39 is 0 Å². The van der Waals surface area contributed by atoms with Gasteiger partial charge in [-0.05, 0) is 35.1 Å². The summed E-state index contributed by atoms with van der Waals surface area (Å²) >= 11 is 5.39. The maximum absolute atomic E-state index is 3.50.